The van der Waals surface area contributed by atoms with Crippen LogP contribution < -0.4 is 0 Å². The van der Waals surface area contributed by atoms with Gasteiger partial charge in [-0.1, -0.05) is 24.3 Å². The average Bonchev–Trinajstić information content (AvgIpc) is 2.72. The Hall–Kier alpha value is -1.48. The van der Waals surface area contributed by atoms with Gasteiger partial charge in [0.05, 0.1) is 11.0 Å². The van der Waals surface area contributed by atoms with Gasteiger partial charge in [-0.3, -0.25) is 0 Å². The van der Waals surface area contributed by atoms with Crippen LogP contribution in [0.1, 0.15) is 5.82 Å². The summed E-state index contributed by atoms with van der Waals surface area (Å²) in [7, 11) is 0. The number of rotatable bonds is 2. The first-order valence-corrected chi connectivity index (χ1v) is 6.37. The summed E-state index contributed by atoms with van der Waals surface area (Å²) in [5.41, 5.74) is 3.49. The van der Waals surface area contributed by atoms with Crippen molar-refractivity contribution < 1.29 is 0 Å². The van der Waals surface area contributed by atoms with Crippen molar-refractivity contribution in [2.24, 2.45) is 0 Å². The SMILES string of the molecule is C1=CC(Cc2nc3ccccc3[nH]2)=CSC1. The number of aromatic amines is 1. The van der Waals surface area contributed by atoms with Crippen molar-refractivity contribution in [1.82, 2.24) is 9.97 Å². The minimum atomic E-state index is 0.887. The van der Waals surface area contributed by atoms with Crippen molar-refractivity contribution in [2.45, 2.75) is 6.42 Å². The first kappa shape index (κ1) is 9.73. The first-order chi connectivity index (χ1) is 7.92. The van der Waals surface area contributed by atoms with Gasteiger partial charge in [-0.2, -0.15) is 0 Å². The van der Waals surface area contributed by atoms with Crippen molar-refractivity contribution >= 4 is 22.8 Å². The van der Waals surface area contributed by atoms with Gasteiger partial charge in [0.1, 0.15) is 5.82 Å². The maximum absolute atomic E-state index is 4.57. The summed E-state index contributed by atoms with van der Waals surface area (Å²) in [5, 5.41) is 2.22. The molecule has 0 aliphatic carbocycles. The Morgan fingerprint density at radius 2 is 2.25 bits per heavy atom. The Labute approximate surface area is 98.5 Å². The number of allylic oxidation sites excluding steroid dienone is 2. The van der Waals surface area contributed by atoms with Gasteiger partial charge in [0.25, 0.3) is 0 Å². The van der Waals surface area contributed by atoms with E-state index in [2.05, 4.69) is 33.6 Å². The van der Waals surface area contributed by atoms with Crippen LogP contribution in [0.4, 0.5) is 0 Å². The van der Waals surface area contributed by atoms with Gasteiger partial charge < -0.3 is 4.98 Å². The summed E-state index contributed by atoms with van der Waals surface area (Å²) < 4.78 is 0. The summed E-state index contributed by atoms with van der Waals surface area (Å²) in [6.45, 7) is 0. The highest BCUT2D eigenvalue weighted by Crippen LogP contribution is 2.19. The number of hydrogen-bond donors (Lipinski definition) is 1. The highest BCUT2D eigenvalue weighted by molar-refractivity contribution is 8.02. The number of aromatic nitrogens is 2. The van der Waals surface area contributed by atoms with Crippen LogP contribution in [0.5, 0.6) is 0 Å². The fourth-order valence-electron chi connectivity index (χ4n) is 1.83. The maximum Gasteiger partial charge on any atom is 0.111 e. The Balaban J connectivity index is 1.89. The Morgan fingerprint density at radius 1 is 1.31 bits per heavy atom. The minimum Gasteiger partial charge on any atom is -0.342 e. The molecule has 0 bridgehead atoms. The molecule has 1 aliphatic rings. The van der Waals surface area contributed by atoms with E-state index in [4.69, 9.17) is 0 Å². The molecule has 1 aliphatic heterocycles. The van der Waals surface area contributed by atoms with Crippen LogP contribution in [-0.2, 0) is 6.42 Å². The fourth-order valence-corrected chi connectivity index (χ4v) is 2.51. The topological polar surface area (TPSA) is 28.7 Å². The standard InChI is InChI=1S/C13H12N2S/c1-2-6-12-11(5-1)14-13(15-12)8-10-4-3-7-16-9-10/h1-6,9H,7-8H2,(H,14,15). The summed E-state index contributed by atoms with van der Waals surface area (Å²) in [5.74, 6) is 2.13. The molecule has 1 aromatic heterocycles. The molecular weight excluding hydrogens is 216 g/mol. The maximum atomic E-state index is 4.57. The van der Waals surface area contributed by atoms with Gasteiger partial charge in [-0.05, 0) is 23.1 Å². The zero-order valence-corrected chi connectivity index (χ0v) is 9.63. The molecule has 0 unspecified atom stereocenters. The predicted octanol–water partition coefficient (Wildman–Crippen LogP) is 3.29. The monoisotopic (exact) mass is 228 g/mol. The van der Waals surface area contributed by atoms with E-state index < -0.39 is 0 Å². The van der Waals surface area contributed by atoms with E-state index in [-0.39, 0.29) is 0 Å². The summed E-state index contributed by atoms with van der Waals surface area (Å²) in [4.78, 5) is 7.92. The lowest BCUT2D eigenvalue weighted by Crippen LogP contribution is -1.92. The van der Waals surface area contributed by atoms with Crippen LogP contribution in [-0.4, -0.2) is 15.7 Å². The third-order valence-electron chi connectivity index (χ3n) is 2.57. The molecule has 0 saturated carbocycles. The van der Waals surface area contributed by atoms with E-state index in [0.29, 0.717) is 0 Å². The predicted molar refractivity (Wildman–Crippen MR) is 69.5 cm³/mol. The molecule has 0 atom stereocenters. The van der Waals surface area contributed by atoms with Crippen LogP contribution >= 0.6 is 11.8 Å². The third kappa shape index (κ3) is 1.91. The summed E-state index contributed by atoms with van der Waals surface area (Å²) >= 11 is 1.84. The van der Waals surface area contributed by atoms with Crippen LogP contribution in [0.3, 0.4) is 0 Å². The number of fused-ring (bicyclic) bond motifs is 1. The number of hydrogen-bond acceptors (Lipinski definition) is 2. The molecule has 0 radical (unpaired) electrons. The second-order valence-corrected chi connectivity index (χ2v) is 4.71. The number of para-hydroxylation sites is 2. The van der Waals surface area contributed by atoms with E-state index in [1.54, 1.807) is 0 Å². The molecule has 0 saturated heterocycles. The van der Waals surface area contributed by atoms with Gasteiger partial charge >= 0.3 is 0 Å². The molecule has 2 aromatic rings. The van der Waals surface area contributed by atoms with Crippen LogP contribution in [0.2, 0.25) is 0 Å². The molecule has 80 valence electrons. The molecule has 2 heterocycles. The highest BCUT2D eigenvalue weighted by Gasteiger charge is 2.04. The number of H-pyrrole nitrogens is 1. The smallest absolute Gasteiger partial charge is 0.111 e. The Bertz CT molecular complexity index is 533. The Morgan fingerprint density at radius 3 is 3.06 bits per heavy atom. The second kappa shape index (κ2) is 4.18. The number of imidazole rings is 1. The van der Waals surface area contributed by atoms with E-state index in [1.165, 1.54) is 5.57 Å². The molecule has 0 amide bonds. The third-order valence-corrected chi connectivity index (χ3v) is 3.42. The fraction of sp³-hybridized carbons (Fsp3) is 0.154. The van der Waals surface area contributed by atoms with E-state index >= 15 is 0 Å². The zero-order valence-electron chi connectivity index (χ0n) is 8.81. The van der Waals surface area contributed by atoms with E-state index in [9.17, 15) is 0 Å². The quantitative estimate of drug-likeness (QED) is 0.854. The largest absolute Gasteiger partial charge is 0.342 e. The molecule has 3 heteroatoms. The van der Waals surface area contributed by atoms with Gasteiger partial charge in [-0.15, -0.1) is 11.8 Å². The normalized spacial score (nSPS) is 15.4. The summed E-state index contributed by atoms with van der Waals surface area (Å²) in [6.07, 6.45) is 5.27. The summed E-state index contributed by atoms with van der Waals surface area (Å²) in [6, 6.07) is 8.14. The average molecular weight is 228 g/mol. The lowest BCUT2D eigenvalue weighted by atomic mass is 10.2. The van der Waals surface area contributed by atoms with Crippen molar-refractivity contribution in [3.63, 3.8) is 0 Å². The van der Waals surface area contributed by atoms with Gasteiger partial charge in [0.15, 0.2) is 0 Å². The molecule has 1 N–H and O–H groups in total. The Kier molecular flexibility index (Phi) is 2.54. The van der Waals surface area contributed by atoms with E-state index in [0.717, 1.165) is 29.0 Å². The number of thioether (sulfide) groups is 1. The second-order valence-electron chi connectivity index (χ2n) is 3.81. The molecular formula is C13H12N2S. The number of benzene rings is 1. The zero-order chi connectivity index (χ0) is 10.8. The molecule has 0 spiro atoms. The lowest BCUT2D eigenvalue weighted by molar-refractivity contribution is 1.04. The minimum absolute atomic E-state index is 0.887. The van der Waals surface area contributed by atoms with Crippen molar-refractivity contribution in [3.8, 4) is 0 Å². The van der Waals surface area contributed by atoms with Crippen molar-refractivity contribution in [2.75, 3.05) is 5.75 Å². The van der Waals surface area contributed by atoms with Crippen molar-refractivity contribution in [1.29, 1.82) is 0 Å². The first-order valence-electron chi connectivity index (χ1n) is 5.32. The number of nitrogens with zero attached hydrogens (tertiary/aromatic N) is 1. The lowest BCUT2D eigenvalue weighted by Gasteiger charge is -2.03. The van der Waals surface area contributed by atoms with Crippen LogP contribution in [0.15, 0.2) is 47.4 Å². The molecule has 0 fully saturated rings. The highest BCUT2D eigenvalue weighted by atomic mass is 32.2. The molecule has 16 heavy (non-hydrogen) atoms. The molecule has 2 nitrogen and oxygen atoms in total. The van der Waals surface area contributed by atoms with Gasteiger partial charge in [0, 0.05) is 12.2 Å². The van der Waals surface area contributed by atoms with Crippen LogP contribution in [0, 0.1) is 0 Å². The number of nitrogens with one attached hydrogen (secondary N) is 1. The van der Waals surface area contributed by atoms with E-state index in [1.807, 2.05) is 30.0 Å². The van der Waals surface area contributed by atoms with Gasteiger partial charge in [-0.25, -0.2) is 4.98 Å². The van der Waals surface area contributed by atoms with Crippen molar-refractivity contribution in [3.05, 3.63) is 53.2 Å². The molecule has 1 aromatic carbocycles. The van der Waals surface area contributed by atoms with Crippen LogP contribution in [0.25, 0.3) is 11.0 Å². The molecule has 3 rings (SSSR count). The van der Waals surface area contributed by atoms with Gasteiger partial charge in [0.2, 0.25) is 0 Å².